The lowest BCUT2D eigenvalue weighted by atomic mass is 9.99. The maximum atomic E-state index is 10.9. The number of nitrogens with one attached hydrogen (secondary N) is 1. The highest BCUT2D eigenvalue weighted by Gasteiger charge is 2.12. The minimum Gasteiger partial charge on any atom is -0.359 e. The van der Waals surface area contributed by atoms with Crippen LogP contribution in [0, 0.1) is 0 Å². The molecule has 0 spiro atoms. The van der Waals surface area contributed by atoms with E-state index in [9.17, 15) is 4.79 Å². The standard InChI is InChI=1S/C12H18N2O2/c1-4-9(5-2)11-7-10(16-14-11)8-13-12(15)6-3/h6-7,9H,3-5,8H2,1-2H3,(H,13,15). The Labute approximate surface area is 95.7 Å². The van der Waals surface area contributed by atoms with Gasteiger partial charge in [-0.25, -0.2) is 0 Å². The Morgan fingerprint density at radius 3 is 2.88 bits per heavy atom. The predicted molar refractivity (Wildman–Crippen MR) is 61.9 cm³/mol. The molecule has 0 aromatic carbocycles. The van der Waals surface area contributed by atoms with E-state index in [4.69, 9.17) is 4.52 Å². The topological polar surface area (TPSA) is 55.1 Å². The van der Waals surface area contributed by atoms with Crippen molar-refractivity contribution >= 4 is 5.91 Å². The molecular formula is C12H18N2O2. The maximum absolute atomic E-state index is 10.9. The van der Waals surface area contributed by atoms with E-state index in [1.165, 1.54) is 6.08 Å². The number of carbonyl (C=O) groups is 1. The number of aromatic nitrogens is 1. The van der Waals surface area contributed by atoms with Gasteiger partial charge in [0.25, 0.3) is 0 Å². The quantitative estimate of drug-likeness (QED) is 0.752. The zero-order valence-corrected chi connectivity index (χ0v) is 9.82. The van der Waals surface area contributed by atoms with Crippen LogP contribution in [-0.2, 0) is 11.3 Å². The van der Waals surface area contributed by atoms with Gasteiger partial charge in [0.2, 0.25) is 5.91 Å². The fraction of sp³-hybridized carbons (Fsp3) is 0.500. The normalized spacial score (nSPS) is 10.4. The summed E-state index contributed by atoms with van der Waals surface area (Å²) < 4.78 is 5.15. The fourth-order valence-corrected chi connectivity index (χ4v) is 1.56. The van der Waals surface area contributed by atoms with Crippen LogP contribution in [0.4, 0.5) is 0 Å². The first-order valence-corrected chi connectivity index (χ1v) is 5.57. The van der Waals surface area contributed by atoms with Gasteiger partial charge in [-0.1, -0.05) is 25.6 Å². The number of amides is 1. The van der Waals surface area contributed by atoms with Gasteiger partial charge in [0.1, 0.15) is 0 Å². The first-order chi connectivity index (χ1) is 7.71. The summed E-state index contributed by atoms with van der Waals surface area (Å²) >= 11 is 0. The van der Waals surface area contributed by atoms with E-state index in [0.29, 0.717) is 18.2 Å². The van der Waals surface area contributed by atoms with Gasteiger partial charge in [-0.05, 0) is 18.9 Å². The van der Waals surface area contributed by atoms with Gasteiger partial charge in [0.15, 0.2) is 5.76 Å². The summed E-state index contributed by atoms with van der Waals surface area (Å²) in [5.74, 6) is 0.908. The lowest BCUT2D eigenvalue weighted by molar-refractivity contribution is -0.116. The summed E-state index contributed by atoms with van der Waals surface area (Å²) in [5.41, 5.74) is 0.966. The average Bonchev–Trinajstić information content (AvgIpc) is 2.76. The molecule has 0 fully saturated rings. The number of rotatable bonds is 6. The molecule has 1 aromatic rings. The summed E-state index contributed by atoms with van der Waals surface area (Å²) in [6.07, 6.45) is 3.32. The van der Waals surface area contributed by atoms with Crippen LogP contribution < -0.4 is 5.32 Å². The van der Waals surface area contributed by atoms with Crippen LogP contribution in [0.5, 0.6) is 0 Å². The second-order valence-corrected chi connectivity index (χ2v) is 3.65. The predicted octanol–water partition coefficient (Wildman–Crippen LogP) is 2.38. The Hall–Kier alpha value is -1.58. The van der Waals surface area contributed by atoms with E-state index in [1.807, 2.05) is 6.07 Å². The first kappa shape index (κ1) is 12.5. The molecule has 1 N–H and O–H groups in total. The van der Waals surface area contributed by atoms with Crippen molar-refractivity contribution in [3.05, 3.63) is 30.2 Å². The van der Waals surface area contributed by atoms with Crippen molar-refractivity contribution in [2.45, 2.75) is 39.2 Å². The van der Waals surface area contributed by atoms with Crippen LogP contribution in [-0.4, -0.2) is 11.1 Å². The molecule has 4 heteroatoms. The van der Waals surface area contributed by atoms with Crippen LogP contribution in [0.25, 0.3) is 0 Å². The molecule has 4 nitrogen and oxygen atoms in total. The Morgan fingerprint density at radius 1 is 1.62 bits per heavy atom. The molecule has 0 saturated heterocycles. The summed E-state index contributed by atoms with van der Waals surface area (Å²) in [4.78, 5) is 10.9. The highest BCUT2D eigenvalue weighted by molar-refractivity contribution is 5.86. The average molecular weight is 222 g/mol. The van der Waals surface area contributed by atoms with E-state index in [1.54, 1.807) is 0 Å². The second-order valence-electron chi connectivity index (χ2n) is 3.65. The van der Waals surface area contributed by atoms with Gasteiger partial charge in [0, 0.05) is 12.0 Å². The highest BCUT2D eigenvalue weighted by atomic mass is 16.5. The van der Waals surface area contributed by atoms with Gasteiger partial charge in [-0.15, -0.1) is 0 Å². The molecule has 0 aliphatic carbocycles. The monoisotopic (exact) mass is 222 g/mol. The second kappa shape index (κ2) is 6.10. The summed E-state index contributed by atoms with van der Waals surface area (Å²) in [7, 11) is 0. The summed E-state index contributed by atoms with van der Waals surface area (Å²) in [5, 5.41) is 6.66. The summed E-state index contributed by atoms with van der Waals surface area (Å²) in [6.45, 7) is 7.99. The van der Waals surface area contributed by atoms with E-state index in [-0.39, 0.29) is 5.91 Å². The van der Waals surface area contributed by atoms with Crippen molar-refractivity contribution in [3.8, 4) is 0 Å². The van der Waals surface area contributed by atoms with Crippen molar-refractivity contribution in [1.82, 2.24) is 10.5 Å². The fourth-order valence-electron chi connectivity index (χ4n) is 1.56. The lowest BCUT2D eigenvalue weighted by Crippen LogP contribution is -2.19. The van der Waals surface area contributed by atoms with Crippen LogP contribution in [0.3, 0.4) is 0 Å². The molecule has 1 rings (SSSR count). The molecule has 0 unspecified atom stereocenters. The minimum absolute atomic E-state index is 0.208. The number of carbonyl (C=O) groups excluding carboxylic acids is 1. The molecule has 0 aliphatic heterocycles. The molecule has 0 radical (unpaired) electrons. The van der Waals surface area contributed by atoms with Crippen molar-refractivity contribution in [3.63, 3.8) is 0 Å². The lowest BCUT2D eigenvalue weighted by Gasteiger charge is -2.05. The molecule has 1 heterocycles. The first-order valence-electron chi connectivity index (χ1n) is 5.57. The Kier molecular flexibility index (Phi) is 4.76. The minimum atomic E-state index is -0.208. The van der Waals surface area contributed by atoms with Gasteiger partial charge >= 0.3 is 0 Å². The third-order valence-corrected chi connectivity index (χ3v) is 2.60. The highest BCUT2D eigenvalue weighted by Crippen LogP contribution is 2.22. The molecule has 88 valence electrons. The molecule has 0 bridgehead atoms. The molecule has 1 amide bonds. The van der Waals surface area contributed by atoms with Crippen molar-refractivity contribution in [1.29, 1.82) is 0 Å². The van der Waals surface area contributed by atoms with Crippen LogP contribution in [0.15, 0.2) is 23.2 Å². The molecule has 0 atom stereocenters. The Morgan fingerprint density at radius 2 is 2.31 bits per heavy atom. The molecule has 1 aromatic heterocycles. The number of nitrogens with zero attached hydrogens (tertiary/aromatic N) is 1. The smallest absolute Gasteiger partial charge is 0.243 e. The van der Waals surface area contributed by atoms with Crippen molar-refractivity contribution < 1.29 is 9.32 Å². The number of hydrogen-bond acceptors (Lipinski definition) is 3. The van der Waals surface area contributed by atoms with E-state index in [2.05, 4.69) is 30.9 Å². The number of hydrogen-bond donors (Lipinski definition) is 1. The third kappa shape index (κ3) is 3.22. The molecule has 0 saturated carbocycles. The van der Waals surface area contributed by atoms with Crippen LogP contribution in [0.1, 0.15) is 44.1 Å². The zero-order chi connectivity index (χ0) is 12.0. The van der Waals surface area contributed by atoms with Crippen LogP contribution in [0.2, 0.25) is 0 Å². The third-order valence-electron chi connectivity index (χ3n) is 2.60. The maximum Gasteiger partial charge on any atom is 0.243 e. The Balaban J connectivity index is 2.57. The zero-order valence-electron chi connectivity index (χ0n) is 9.82. The van der Waals surface area contributed by atoms with Gasteiger partial charge in [-0.2, -0.15) is 0 Å². The van der Waals surface area contributed by atoms with Gasteiger partial charge < -0.3 is 9.84 Å². The van der Waals surface area contributed by atoms with E-state index >= 15 is 0 Å². The summed E-state index contributed by atoms with van der Waals surface area (Å²) in [6, 6.07) is 1.90. The molecule has 16 heavy (non-hydrogen) atoms. The van der Waals surface area contributed by atoms with Gasteiger partial charge in [-0.3, -0.25) is 4.79 Å². The van der Waals surface area contributed by atoms with Crippen LogP contribution >= 0.6 is 0 Å². The van der Waals surface area contributed by atoms with Gasteiger partial charge in [0.05, 0.1) is 12.2 Å². The Bertz CT molecular complexity index is 354. The van der Waals surface area contributed by atoms with Crippen molar-refractivity contribution in [2.75, 3.05) is 0 Å². The van der Waals surface area contributed by atoms with E-state index < -0.39 is 0 Å². The van der Waals surface area contributed by atoms with E-state index in [0.717, 1.165) is 18.5 Å². The largest absolute Gasteiger partial charge is 0.359 e. The van der Waals surface area contributed by atoms with Crippen molar-refractivity contribution in [2.24, 2.45) is 0 Å². The SMILES string of the molecule is C=CC(=O)NCc1cc(C(CC)CC)no1. The molecular weight excluding hydrogens is 204 g/mol. The molecule has 0 aliphatic rings.